The van der Waals surface area contributed by atoms with E-state index < -0.39 is 17.4 Å². The minimum absolute atomic E-state index is 0.0835. The van der Waals surface area contributed by atoms with Crippen LogP contribution in [0.25, 0.3) is 0 Å². The van der Waals surface area contributed by atoms with Crippen molar-refractivity contribution in [3.05, 3.63) is 34.4 Å². The lowest BCUT2D eigenvalue weighted by atomic mass is 10.1. The van der Waals surface area contributed by atoms with E-state index in [0.29, 0.717) is 13.0 Å². The molecule has 2 fully saturated rings. The van der Waals surface area contributed by atoms with Gasteiger partial charge in [0.15, 0.2) is 6.29 Å². The van der Waals surface area contributed by atoms with E-state index in [-0.39, 0.29) is 23.6 Å². The summed E-state index contributed by atoms with van der Waals surface area (Å²) in [5.41, 5.74) is -0.0835. The molecule has 0 bridgehead atoms. The van der Waals surface area contributed by atoms with Gasteiger partial charge in [0.2, 0.25) is 6.29 Å². The SMILES string of the molecule is O=C(Oc1ccc([N+](=O)[O-])cc1)OC1C[C@@H]2CCO[C@@H]2O1. The average Bonchev–Trinajstić information content (AvgIpc) is 3.00. The Morgan fingerprint density at radius 3 is 2.76 bits per heavy atom. The molecule has 8 heteroatoms. The molecule has 0 spiro atoms. The molecule has 0 radical (unpaired) electrons. The summed E-state index contributed by atoms with van der Waals surface area (Å²) in [6.45, 7) is 0.662. The summed E-state index contributed by atoms with van der Waals surface area (Å²) in [5.74, 6) is 0.419. The zero-order chi connectivity index (χ0) is 14.8. The predicted octanol–water partition coefficient (Wildman–Crippen LogP) is 2.22. The molecule has 3 atom stereocenters. The van der Waals surface area contributed by atoms with Gasteiger partial charge in [-0.2, -0.15) is 0 Å². The lowest BCUT2D eigenvalue weighted by Crippen LogP contribution is -2.21. The number of carbonyl (C=O) groups is 1. The molecule has 112 valence electrons. The molecule has 0 aliphatic carbocycles. The fraction of sp³-hybridized carbons (Fsp3) is 0.462. The zero-order valence-electron chi connectivity index (χ0n) is 11.0. The number of carbonyl (C=O) groups excluding carboxylic acids is 1. The molecule has 2 saturated heterocycles. The second-order valence-corrected chi connectivity index (χ2v) is 4.81. The fourth-order valence-corrected chi connectivity index (χ4v) is 2.38. The molecular weight excluding hydrogens is 282 g/mol. The van der Waals surface area contributed by atoms with Crippen LogP contribution in [0.15, 0.2) is 24.3 Å². The van der Waals surface area contributed by atoms with Crippen molar-refractivity contribution < 1.29 is 28.7 Å². The zero-order valence-corrected chi connectivity index (χ0v) is 11.0. The van der Waals surface area contributed by atoms with E-state index in [1.807, 2.05) is 0 Å². The summed E-state index contributed by atoms with van der Waals surface area (Å²) in [5, 5.41) is 10.5. The fourth-order valence-electron chi connectivity index (χ4n) is 2.38. The number of nitrogens with zero attached hydrogens (tertiary/aromatic N) is 1. The van der Waals surface area contributed by atoms with Gasteiger partial charge >= 0.3 is 6.16 Å². The number of nitro groups is 1. The molecule has 0 aromatic heterocycles. The van der Waals surface area contributed by atoms with Crippen LogP contribution in [0.1, 0.15) is 12.8 Å². The van der Waals surface area contributed by atoms with E-state index >= 15 is 0 Å². The van der Waals surface area contributed by atoms with Crippen LogP contribution in [-0.2, 0) is 14.2 Å². The van der Waals surface area contributed by atoms with Crippen molar-refractivity contribution in [3.63, 3.8) is 0 Å². The number of hydrogen-bond acceptors (Lipinski definition) is 7. The number of rotatable bonds is 3. The Morgan fingerprint density at radius 1 is 1.33 bits per heavy atom. The van der Waals surface area contributed by atoms with Crippen LogP contribution < -0.4 is 4.74 Å². The molecule has 21 heavy (non-hydrogen) atoms. The van der Waals surface area contributed by atoms with E-state index in [1.165, 1.54) is 24.3 Å². The van der Waals surface area contributed by atoms with Gasteiger partial charge in [-0.25, -0.2) is 4.79 Å². The minimum atomic E-state index is -0.908. The quantitative estimate of drug-likeness (QED) is 0.365. The Hall–Kier alpha value is -2.19. The van der Waals surface area contributed by atoms with Gasteiger partial charge < -0.3 is 18.9 Å². The molecule has 1 aromatic rings. The Labute approximate surface area is 119 Å². The number of benzene rings is 1. The second-order valence-electron chi connectivity index (χ2n) is 4.81. The standard InChI is InChI=1S/C13H13NO7/c15-13(19-10-3-1-9(2-4-10)14(16)17)21-11-7-8-5-6-18-12(8)20-11/h1-4,8,11-12H,5-7H2/t8-,11?,12+/m0/s1. The summed E-state index contributed by atoms with van der Waals surface area (Å²) in [4.78, 5) is 21.6. The van der Waals surface area contributed by atoms with Gasteiger partial charge in [-0.1, -0.05) is 0 Å². The highest BCUT2D eigenvalue weighted by Gasteiger charge is 2.41. The first kappa shape index (κ1) is 13.8. The number of ether oxygens (including phenoxy) is 4. The van der Waals surface area contributed by atoms with Gasteiger partial charge in [-0.05, 0) is 18.6 Å². The van der Waals surface area contributed by atoms with Crippen molar-refractivity contribution in [3.8, 4) is 5.75 Å². The molecule has 1 unspecified atom stereocenters. The van der Waals surface area contributed by atoms with Gasteiger partial charge in [0.05, 0.1) is 11.5 Å². The van der Waals surface area contributed by atoms with E-state index in [1.54, 1.807) is 0 Å². The normalized spacial score (nSPS) is 27.1. The first-order valence-corrected chi connectivity index (χ1v) is 6.52. The van der Waals surface area contributed by atoms with Crippen LogP contribution in [0.5, 0.6) is 5.75 Å². The third-order valence-corrected chi connectivity index (χ3v) is 3.41. The Balaban J connectivity index is 1.51. The topological polar surface area (TPSA) is 97.1 Å². The number of non-ortho nitro benzene ring substituents is 1. The van der Waals surface area contributed by atoms with Gasteiger partial charge in [0.1, 0.15) is 5.75 Å². The molecule has 3 rings (SSSR count). The number of fused-ring (bicyclic) bond motifs is 1. The summed E-state index contributed by atoms with van der Waals surface area (Å²) in [7, 11) is 0. The van der Waals surface area contributed by atoms with Gasteiger partial charge in [0, 0.05) is 24.5 Å². The first-order chi connectivity index (χ1) is 10.1. The molecule has 2 aliphatic rings. The third kappa shape index (κ3) is 3.11. The maximum atomic E-state index is 11.6. The summed E-state index contributed by atoms with van der Waals surface area (Å²) in [6.07, 6.45) is -0.413. The van der Waals surface area contributed by atoms with Gasteiger partial charge in [-0.3, -0.25) is 10.1 Å². The minimum Gasteiger partial charge on any atom is -0.404 e. The molecule has 8 nitrogen and oxygen atoms in total. The summed E-state index contributed by atoms with van der Waals surface area (Å²) >= 11 is 0. The van der Waals surface area contributed by atoms with Crippen molar-refractivity contribution in [1.29, 1.82) is 0 Å². The molecule has 2 heterocycles. The van der Waals surface area contributed by atoms with Crippen LogP contribution in [0, 0.1) is 16.0 Å². The predicted molar refractivity (Wildman–Crippen MR) is 67.5 cm³/mol. The van der Waals surface area contributed by atoms with Crippen LogP contribution in [0.4, 0.5) is 10.5 Å². The van der Waals surface area contributed by atoms with E-state index in [4.69, 9.17) is 18.9 Å². The largest absolute Gasteiger partial charge is 0.516 e. The molecule has 0 saturated carbocycles. The number of nitro benzene ring substituents is 1. The lowest BCUT2D eigenvalue weighted by molar-refractivity contribution is -0.384. The van der Waals surface area contributed by atoms with Crippen LogP contribution in [0.3, 0.4) is 0 Å². The highest BCUT2D eigenvalue weighted by Crippen LogP contribution is 2.35. The van der Waals surface area contributed by atoms with Crippen molar-refractivity contribution in [2.24, 2.45) is 5.92 Å². The molecule has 0 amide bonds. The van der Waals surface area contributed by atoms with Gasteiger partial charge in [-0.15, -0.1) is 0 Å². The smallest absolute Gasteiger partial charge is 0.404 e. The maximum absolute atomic E-state index is 11.6. The summed E-state index contributed by atoms with van der Waals surface area (Å²) < 4.78 is 20.7. The van der Waals surface area contributed by atoms with Gasteiger partial charge in [0.25, 0.3) is 5.69 Å². The Bertz CT molecular complexity index is 532. The summed E-state index contributed by atoms with van der Waals surface area (Å²) in [6, 6.07) is 5.14. The number of hydrogen-bond donors (Lipinski definition) is 0. The van der Waals surface area contributed by atoms with Crippen LogP contribution >= 0.6 is 0 Å². The molecular formula is C13H13NO7. The highest BCUT2D eigenvalue weighted by molar-refractivity contribution is 5.64. The van der Waals surface area contributed by atoms with Crippen LogP contribution in [-0.4, -0.2) is 30.3 Å². The second kappa shape index (κ2) is 5.66. The van der Waals surface area contributed by atoms with Crippen molar-refractivity contribution in [2.75, 3.05) is 6.61 Å². The Kier molecular flexibility index (Phi) is 3.72. The Morgan fingerprint density at radius 2 is 2.10 bits per heavy atom. The van der Waals surface area contributed by atoms with E-state index in [2.05, 4.69) is 0 Å². The molecule has 2 aliphatic heterocycles. The van der Waals surface area contributed by atoms with E-state index in [0.717, 1.165) is 6.42 Å². The third-order valence-electron chi connectivity index (χ3n) is 3.41. The highest BCUT2D eigenvalue weighted by atomic mass is 16.8. The maximum Gasteiger partial charge on any atom is 0.516 e. The van der Waals surface area contributed by atoms with Crippen molar-refractivity contribution in [2.45, 2.75) is 25.4 Å². The molecule has 0 N–H and O–H groups in total. The van der Waals surface area contributed by atoms with Crippen molar-refractivity contribution in [1.82, 2.24) is 0 Å². The lowest BCUT2D eigenvalue weighted by Gasteiger charge is -2.13. The first-order valence-electron chi connectivity index (χ1n) is 6.52. The monoisotopic (exact) mass is 295 g/mol. The van der Waals surface area contributed by atoms with Crippen molar-refractivity contribution >= 4 is 11.8 Å². The van der Waals surface area contributed by atoms with Crippen LogP contribution in [0.2, 0.25) is 0 Å². The molecule has 1 aromatic carbocycles. The van der Waals surface area contributed by atoms with E-state index in [9.17, 15) is 14.9 Å². The average molecular weight is 295 g/mol.